The van der Waals surface area contributed by atoms with E-state index in [0.717, 1.165) is 24.6 Å². The lowest BCUT2D eigenvalue weighted by atomic mass is 10.1. The van der Waals surface area contributed by atoms with Gasteiger partial charge in [0.15, 0.2) is 0 Å². The van der Waals surface area contributed by atoms with E-state index in [-0.39, 0.29) is 5.54 Å². The average Bonchev–Trinajstić information content (AvgIpc) is 2.55. The number of terminal acetylenes is 1. The first-order valence-electron chi connectivity index (χ1n) is 6.27. The van der Waals surface area contributed by atoms with Gasteiger partial charge in [-0.05, 0) is 40.8 Å². The summed E-state index contributed by atoms with van der Waals surface area (Å²) in [6.45, 7) is 10.7. The molecule has 18 heavy (non-hydrogen) atoms. The molecule has 0 fully saturated rings. The molecule has 0 amide bonds. The third kappa shape index (κ3) is 4.95. The van der Waals surface area contributed by atoms with Crippen molar-refractivity contribution in [1.82, 2.24) is 10.2 Å². The van der Waals surface area contributed by atoms with Crippen molar-refractivity contribution < 1.29 is 4.42 Å². The zero-order chi connectivity index (χ0) is 13.8. The van der Waals surface area contributed by atoms with Crippen LogP contribution in [0.5, 0.6) is 0 Å². The normalized spacial score (nSPS) is 11.8. The highest BCUT2D eigenvalue weighted by atomic mass is 16.3. The van der Waals surface area contributed by atoms with Crippen molar-refractivity contribution >= 4 is 0 Å². The zero-order valence-electron chi connectivity index (χ0n) is 12.1. The third-order valence-corrected chi connectivity index (χ3v) is 2.67. The second-order valence-corrected chi connectivity index (χ2v) is 5.77. The number of hydrogen-bond acceptors (Lipinski definition) is 3. The summed E-state index contributed by atoms with van der Waals surface area (Å²) in [4.78, 5) is 2.05. The molecule has 0 aliphatic heterocycles. The van der Waals surface area contributed by atoms with Crippen LogP contribution in [-0.4, -0.2) is 24.0 Å². The molecular formula is C15H24N2O. The topological polar surface area (TPSA) is 28.4 Å². The molecule has 0 atom stereocenters. The van der Waals surface area contributed by atoms with Gasteiger partial charge in [0.1, 0.15) is 11.5 Å². The molecule has 1 heterocycles. The predicted octanol–water partition coefficient (Wildman–Crippen LogP) is 2.54. The van der Waals surface area contributed by atoms with Crippen LogP contribution in [0.25, 0.3) is 0 Å². The molecule has 3 heteroatoms. The maximum absolute atomic E-state index is 5.75. The van der Waals surface area contributed by atoms with E-state index < -0.39 is 0 Å². The van der Waals surface area contributed by atoms with Crippen molar-refractivity contribution in [2.24, 2.45) is 0 Å². The minimum atomic E-state index is 0.115. The molecule has 1 rings (SSSR count). The van der Waals surface area contributed by atoms with Crippen LogP contribution in [-0.2, 0) is 13.1 Å². The van der Waals surface area contributed by atoms with Gasteiger partial charge in [0, 0.05) is 17.6 Å². The first-order valence-corrected chi connectivity index (χ1v) is 6.27. The number of aryl methyl sites for hydroxylation is 1. The maximum Gasteiger partial charge on any atom is 0.118 e. The highest BCUT2D eigenvalue weighted by Crippen LogP contribution is 2.16. The summed E-state index contributed by atoms with van der Waals surface area (Å²) in [6, 6.07) is 2.11. The number of nitrogens with one attached hydrogen (secondary N) is 1. The average molecular weight is 248 g/mol. The zero-order valence-corrected chi connectivity index (χ0v) is 12.1. The van der Waals surface area contributed by atoms with Crippen LogP contribution in [0, 0.1) is 19.3 Å². The Labute approximate surface area is 111 Å². The summed E-state index contributed by atoms with van der Waals surface area (Å²) in [5, 5.41) is 3.46. The molecule has 0 saturated heterocycles. The van der Waals surface area contributed by atoms with Crippen LogP contribution in [0.3, 0.4) is 0 Å². The summed E-state index contributed by atoms with van der Waals surface area (Å²) in [5.41, 5.74) is 1.33. The van der Waals surface area contributed by atoms with Crippen LogP contribution < -0.4 is 5.32 Å². The number of furan rings is 1. The van der Waals surface area contributed by atoms with Gasteiger partial charge in [0.25, 0.3) is 0 Å². The number of hydrogen-bond donors (Lipinski definition) is 1. The predicted molar refractivity (Wildman–Crippen MR) is 75.2 cm³/mol. The first kappa shape index (κ1) is 14.8. The highest BCUT2D eigenvalue weighted by Gasteiger charge is 2.13. The summed E-state index contributed by atoms with van der Waals surface area (Å²) in [5.74, 6) is 4.58. The Morgan fingerprint density at radius 2 is 2.11 bits per heavy atom. The van der Waals surface area contributed by atoms with Crippen molar-refractivity contribution in [3.05, 3.63) is 23.2 Å². The fourth-order valence-corrected chi connectivity index (χ4v) is 1.68. The van der Waals surface area contributed by atoms with Gasteiger partial charge in [-0.1, -0.05) is 5.92 Å². The van der Waals surface area contributed by atoms with Crippen molar-refractivity contribution in [2.75, 3.05) is 13.6 Å². The van der Waals surface area contributed by atoms with Gasteiger partial charge >= 0.3 is 0 Å². The largest absolute Gasteiger partial charge is 0.465 e. The van der Waals surface area contributed by atoms with Gasteiger partial charge in [-0.15, -0.1) is 6.42 Å². The SMILES string of the molecule is C#CCN(C)Cc1cc(CNC(C)(C)C)c(C)o1. The van der Waals surface area contributed by atoms with Crippen LogP contribution in [0.2, 0.25) is 0 Å². The van der Waals surface area contributed by atoms with E-state index in [0.29, 0.717) is 6.54 Å². The van der Waals surface area contributed by atoms with Crippen molar-refractivity contribution in [3.63, 3.8) is 0 Å². The molecule has 0 saturated carbocycles. The summed E-state index contributed by atoms with van der Waals surface area (Å²) in [6.07, 6.45) is 5.28. The molecule has 0 aliphatic carbocycles. The Hall–Kier alpha value is -1.24. The number of rotatable bonds is 5. The molecule has 0 aromatic carbocycles. The Bertz CT molecular complexity index is 421. The van der Waals surface area contributed by atoms with Gasteiger partial charge in [0.05, 0.1) is 13.1 Å². The van der Waals surface area contributed by atoms with E-state index in [1.54, 1.807) is 0 Å². The van der Waals surface area contributed by atoms with Gasteiger partial charge in [-0.25, -0.2) is 0 Å². The van der Waals surface area contributed by atoms with Crippen LogP contribution in [0.1, 0.15) is 37.9 Å². The second-order valence-electron chi connectivity index (χ2n) is 5.77. The third-order valence-electron chi connectivity index (χ3n) is 2.67. The van der Waals surface area contributed by atoms with E-state index in [9.17, 15) is 0 Å². The summed E-state index contributed by atoms with van der Waals surface area (Å²) in [7, 11) is 1.99. The van der Waals surface area contributed by atoms with Crippen molar-refractivity contribution in [2.45, 2.75) is 46.3 Å². The molecule has 0 spiro atoms. The molecule has 0 unspecified atom stereocenters. The standard InChI is InChI=1S/C15H24N2O/c1-7-8-17(6)11-14-9-13(12(2)18-14)10-16-15(3,4)5/h1,9,16H,8,10-11H2,2-6H3. The lowest BCUT2D eigenvalue weighted by molar-refractivity contribution is 0.322. The molecular weight excluding hydrogens is 224 g/mol. The van der Waals surface area contributed by atoms with Crippen LogP contribution in [0.4, 0.5) is 0 Å². The minimum Gasteiger partial charge on any atom is -0.465 e. The molecule has 0 radical (unpaired) electrons. The quantitative estimate of drug-likeness (QED) is 0.812. The lowest BCUT2D eigenvalue weighted by Gasteiger charge is -2.20. The van der Waals surface area contributed by atoms with Crippen molar-refractivity contribution in [1.29, 1.82) is 0 Å². The van der Waals surface area contributed by atoms with E-state index in [2.05, 4.69) is 43.0 Å². The highest BCUT2D eigenvalue weighted by molar-refractivity contribution is 5.21. The van der Waals surface area contributed by atoms with E-state index in [1.165, 1.54) is 5.56 Å². The Kier molecular flexibility index (Phi) is 5.01. The molecule has 1 aromatic heterocycles. The van der Waals surface area contributed by atoms with Gasteiger partial charge < -0.3 is 9.73 Å². The molecule has 1 N–H and O–H groups in total. The van der Waals surface area contributed by atoms with Crippen LogP contribution in [0.15, 0.2) is 10.5 Å². The van der Waals surface area contributed by atoms with Gasteiger partial charge in [-0.2, -0.15) is 0 Å². The van der Waals surface area contributed by atoms with E-state index in [4.69, 9.17) is 10.8 Å². The first-order chi connectivity index (χ1) is 8.31. The molecule has 1 aromatic rings. The number of nitrogens with zero attached hydrogens (tertiary/aromatic N) is 1. The van der Waals surface area contributed by atoms with Crippen LogP contribution >= 0.6 is 0 Å². The van der Waals surface area contributed by atoms with Gasteiger partial charge in [-0.3, -0.25) is 4.90 Å². The Morgan fingerprint density at radius 1 is 1.44 bits per heavy atom. The summed E-state index contributed by atoms with van der Waals surface area (Å²) < 4.78 is 5.75. The monoisotopic (exact) mass is 248 g/mol. The second kappa shape index (κ2) is 6.08. The maximum atomic E-state index is 5.75. The Balaban J connectivity index is 2.62. The van der Waals surface area contributed by atoms with Gasteiger partial charge in [0.2, 0.25) is 0 Å². The summed E-state index contributed by atoms with van der Waals surface area (Å²) >= 11 is 0. The molecule has 0 bridgehead atoms. The van der Waals surface area contributed by atoms with Crippen molar-refractivity contribution in [3.8, 4) is 12.3 Å². The Morgan fingerprint density at radius 3 is 2.67 bits per heavy atom. The fraction of sp³-hybridized carbons (Fsp3) is 0.600. The van der Waals surface area contributed by atoms with E-state index >= 15 is 0 Å². The minimum absolute atomic E-state index is 0.115. The smallest absolute Gasteiger partial charge is 0.118 e. The van der Waals surface area contributed by atoms with E-state index in [1.807, 2.05) is 14.0 Å². The molecule has 3 nitrogen and oxygen atoms in total. The molecule has 0 aliphatic rings. The molecule has 100 valence electrons. The fourth-order valence-electron chi connectivity index (χ4n) is 1.68. The lowest BCUT2D eigenvalue weighted by Crippen LogP contribution is -2.35.